The van der Waals surface area contributed by atoms with Crippen LogP contribution in [-0.2, 0) is 19.4 Å². The van der Waals surface area contributed by atoms with Crippen molar-refractivity contribution >= 4 is 15.7 Å². The van der Waals surface area contributed by atoms with Gasteiger partial charge < -0.3 is 9.64 Å². The standard InChI is InChI=1S/C15H26N2O4S/c1-2-12-9-17(10-14(12)16-4-6-21-7-5-16)15(18)13-3-8-22(19,20)11-13/h12-14H,2-11H2,1H3/t12-,13-,14-/m1/s1. The van der Waals surface area contributed by atoms with Gasteiger partial charge in [-0.05, 0) is 12.3 Å². The van der Waals surface area contributed by atoms with Crippen LogP contribution in [0.5, 0.6) is 0 Å². The largest absolute Gasteiger partial charge is 0.379 e. The van der Waals surface area contributed by atoms with Gasteiger partial charge in [0.15, 0.2) is 9.84 Å². The van der Waals surface area contributed by atoms with Gasteiger partial charge >= 0.3 is 0 Å². The molecule has 3 rings (SSSR count). The third kappa shape index (κ3) is 3.31. The molecule has 0 aromatic carbocycles. The zero-order valence-corrected chi connectivity index (χ0v) is 14.1. The number of amides is 1. The van der Waals surface area contributed by atoms with E-state index < -0.39 is 9.84 Å². The molecule has 0 aromatic rings. The second kappa shape index (κ2) is 6.45. The Morgan fingerprint density at radius 3 is 2.55 bits per heavy atom. The molecule has 0 aromatic heterocycles. The van der Waals surface area contributed by atoms with Crippen molar-refractivity contribution in [2.24, 2.45) is 11.8 Å². The van der Waals surface area contributed by atoms with Crippen LogP contribution in [0.2, 0.25) is 0 Å². The molecule has 7 heteroatoms. The highest BCUT2D eigenvalue weighted by Gasteiger charge is 2.42. The maximum absolute atomic E-state index is 12.6. The van der Waals surface area contributed by atoms with Crippen molar-refractivity contribution in [3.8, 4) is 0 Å². The molecule has 3 fully saturated rings. The molecule has 6 nitrogen and oxygen atoms in total. The van der Waals surface area contributed by atoms with Gasteiger partial charge in [0.05, 0.1) is 30.6 Å². The average Bonchev–Trinajstić information content (AvgIpc) is 3.10. The van der Waals surface area contributed by atoms with Gasteiger partial charge in [-0.3, -0.25) is 9.69 Å². The van der Waals surface area contributed by atoms with E-state index in [0.29, 0.717) is 18.4 Å². The summed E-state index contributed by atoms with van der Waals surface area (Å²) in [7, 11) is -3.00. The lowest BCUT2D eigenvalue weighted by molar-refractivity contribution is -0.134. The minimum Gasteiger partial charge on any atom is -0.379 e. The summed E-state index contributed by atoms with van der Waals surface area (Å²) in [6.07, 6.45) is 1.55. The SMILES string of the molecule is CC[C@@H]1CN(C(=O)[C@@H]2CCS(=O)(=O)C2)C[C@H]1N1CCOCC1. The molecule has 0 aliphatic carbocycles. The molecule has 3 aliphatic rings. The number of ether oxygens (including phenoxy) is 1. The highest BCUT2D eigenvalue weighted by molar-refractivity contribution is 7.91. The van der Waals surface area contributed by atoms with Crippen molar-refractivity contribution in [2.75, 3.05) is 50.9 Å². The van der Waals surface area contributed by atoms with Gasteiger partial charge in [0.2, 0.25) is 5.91 Å². The number of sulfone groups is 1. The summed E-state index contributed by atoms with van der Waals surface area (Å²) >= 11 is 0. The zero-order valence-electron chi connectivity index (χ0n) is 13.2. The molecule has 22 heavy (non-hydrogen) atoms. The average molecular weight is 330 g/mol. The van der Waals surface area contributed by atoms with E-state index in [0.717, 1.165) is 45.8 Å². The molecule has 0 bridgehead atoms. The molecule has 0 saturated carbocycles. The maximum Gasteiger partial charge on any atom is 0.226 e. The van der Waals surface area contributed by atoms with E-state index in [1.807, 2.05) is 4.90 Å². The third-order valence-corrected chi connectivity index (χ3v) is 7.11. The molecule has 0 unspecified atom stereocenters. The van der Waals surface area contributed by atoms with Crippen LogP contribution in [0.15, 0.2) is 0 Å². The molecule has 126 valence electrons. The predicted octanol–water partition coefficient (Wildman–Crippen LogP) is -0.00970. The quantitative estimate of drug-likeness (QED) is 0.728. The Morgan fingerprint density at radius 1 is 1.23 bits per heavy atom. The number of carbonyl (C=O) groups is 1. The summed E-state index contributed by atoms with van der Waals surface area (Å²) in [5.74, 6) is 0.434. The molecule has 0 N–H and O–H groups in total. The van der Waals surface area contributed by atoms with E-state index in [-0.39, 0.29) is 23.3 Å². The number of morpholine rings is 1. The van der Waals surface area contributed by atoms with E-state index in [1.54, 1.807) is 0 Å². The summed E-state index contributed by atoms with van der Waals surface area (Å²) in [5.41, 5.74) is 0. The molecular weight excluding hydrogens is 304 g/mol. The van der Waals surface area contributed by atoms with Gasteiger partial charge in [-0.1, -0.05) is 13.3 Å². The fraction of sp³-hybridized carbons (Fsp3) is 0.933. The van der Waals surface area contributed by atoms with Crippen molar-refractivity contribution in [1.29, 1.82) is 0 Å². The smallest absolute Gasteiger partial charge is 0.226 e. The lowest BCUT2D eigenvalue weighted by atomic mass is 9.99. The minimum atomic E-state index is -3.00. The fourth-order valence-electron chi connectivity index (χ4n) is 4.01. The summed E-state index contributed by atoms with van der Waals surface area (Å²) in [4.78, 5) is 17.0. The zero-order chi connectivity index (χ0) is 15.7. The fourth-order valence-corrected chi connectivity index (χ4v) is 5.74. The van der Waals surface area contributed by atoms with Crippen LogP contribution in [0.1, 0.15) is 19.8 Å². The monoisotopic (exact) mass is 330 g/mol. The molecule has 3 atom stereocenters. The Morgan fingerprint density at radius 2 is 1.95 bits per heavy atom. The second-order valence-electron chi connectivity index (χ2n) is 6.73. The van der Waals surface area contributed by atoms with Gasteiger partial charge in [-0.15, -0.1) is 0 Å². The number of carbonyl (C=O) groups excluding carboxylic acids is 1. The van der Waals surface area contributed by atoms with Crippen LogP contribution in [0, 0.1) is 11.8 Å². The summed E-state index contributed by atoms with van der Waals surface area (Å²) in [5, 5.41) is 0. The first-order valence-corrected chi connectivity index (χ1v) is 10.1. The summed E-state index contributed by atoms with van der Waals surface area (Å²) < 4.78 is 28.6. The summed E-state index contributed by atoms with van der Waals surface area (Å²) in [6, 6.07) is 0.399. The van der Waals surface area contributed by atoms with E-state index in [9.17, 15) is 13.2 Å². The molecule has 3 aliphatic heterocycles. The second-order valence-corrected chi connectivity index (χ2v) is 8.96. The topological polar surface area (TPSA) is 66.9 Å². The Kier molecular flexibility index (Phi) is 4.75. The van der Waals surface area contributed by atoms with Gasteiger partial charge in [0.25, 0.3) is 0 Å². The number of nitrogens with zero attached hydrogens (tertiary/aromatic N) is 2. The first kappa shape index (κ1) is 16.2. The van der Waals surface area contributed by atoms with E-state index in [2.05, 4.69) is 11.8 Å². The normalized spacial score (nSPS) is 35.9. The first-order chi connectivity index (χ1) is 10.5. The van der Waals surface area contributed by atoms with E-state index in [1.165, 1.54) is 0 Å². The third-order valence-electron chi connectivity index (χ3n) is 5.34. The van der Waals surface area contributed by atoms with Crippen LogP contribution in [0.25, 0.3) is 0 Å². The Hall–Kier alpha value is -0.660. The Labute approximate surface area is 132 Å². The van der Waals surface area contributed by atoms with Gasteiger partial charge in [0, 0.05) is 32.2 Å². The van der Waals surface area contributed by atoms with Crippen LogP contribution in [0.3, 0.4) is 0 Å². The van der Waals surface area contributed by atoms with Crippen molar-refractivity contribution in [2.45, 2.75) is 25.8 Å². The van der Waals surface area contributed by atoms with Crippen molar-refractivity contribution in [1.82, 2.24) is 9.80 Å². The summed E-state index contributed by atoms with van der Waals surface area (Å²) in [6.45, 7) is 7.08. The number of rotatable bonds is 3. The minimum absolute atomic E-state index is 0.0430. The predicted molar refractivity (Wildman–Crippen MR) is 83.3 cm³/mol. The van der Waals surface area contributed by atoms with Crippen LogP contribution >= 0.6 is 0 Å². The highest BCUT2D eigenvalue weighted by Crippen LogP contribution is 2.29. The highest BCUT2D eigenvalue weighted by atomic mass is 32.2. The molecule has 0 spiro atoms. The first-order valence-electron chi connectivity index (χ1n) is 8.31. The lowest BCUT2D eigenvalue weighted by Gasteiger charge is -2.34. The molecule has 3 saturated heterocycles. The van der Waals surface area contributed by atoms with Gasteiger partial charge in [-0.2, -0.15) is 0 Å². The van der Waals surface area contributed by atoms with Gasteiger partial charge in [0.1, 0.15) is 0 Å². The maximum atomic E-state index is 12.6. The van der Waals surface area contributed by atoms with Crippen molar-refractivity contribution in [3.63, 3.8) is 0 Å². The molecule has 1 amide bonds. The molecule has 0 radical (unpaired) electrons. The van der Waals surface area contributed by atoms with Crippen LogP contribution in [0.4, 0.5) is 0 Å². The molecular formula is C15H26N2O4S. The van der Waals surface area contributed by atoms with Crippen molar-refractivity contribution < 1.29 is 17.9 Å². The number of hydrogen-bond donors (Lipinski definition) is 0. The number of hydrogen-bond acceptors (Lipinski definition) is 5. The lowest BCUT2D eigenvalue weighted by Crippen LogP contribution is -2.47. The van der Waals surface area contributed by atoms with Crippen LogP contribution in [-0.4, -0.2) is 81.1 Å². The van der Waals surface area contributed by atoms with Crippen LogP contribution < -0.4 is 0 Å². The van der Waals surface area contributed by atoms with Gasteiger partial charge in [-0.25, -0.2) is 8.42 Å². The van der Waals surface area contributed by atoms with E-state index >= 15 is 0 Å². The van der Waals surface area contributed by atoms with E-state index in [4.69, 9.17) is 4.74 Å². The number of likely N-dealkylation sites (tertiary alicyclic amines) is 1. The van der Waals surface area contributed by atoms with Crippen molar-refractivity contribution in [3.05, 3.63) is 0 Å². The molecule has 3 heterocycles. The Bertz CT molecular complexity index is 516. The Balaban J connectivity index is 1.64.